The molecule has 1 atom stereocenters. The Kier molecular flexibility index (Phi) is 3.77. The Labute approximate surface area is 82.7 Å². The predicted molar refractivity (Wildman–Crippen MR) is 59.7 cm³/mol. The van der Waals surface area contributed by atoms with Gasteiger partial charge in [-0.1, -0.05) is 37.6 Å². The van der Waals surface area contributed by atoms with Crippen molar-refractivity contribution in [3.8, 4) is 0 Å². The third-order valence-corrected chi connectivity index (χ3v) is 2.87. The molecular formula is C13H22. The molecule has 0 aromatic heterocycles. The SMILES string of the molecule is C=C(C)[C@@H]1CC=C(CC(C)C)CC1. The van der Waals surface area contributed by atoms with Crippen LogP contribution in [0.4, 0.5) is 0 Å². The molecule has 0 fully saturated rings. The highest BCUT2D eigenvalue weighted by Crippen LogP contribution is 2.30. The molecule has 1 aliphatic carbocycles. The summed E-state index contributed by atoms with van der Waals surface area (Å²) in [5.41, 5.74) is 3.03. The Hall–Kier alpha value is -0.520. The Morgan fingerprint density at radius 1 is 1.62 bits per heavy atom. The van der Waals surface area contributed by atoms with Crippen molar-refractivity contribution < 1.29 is 0 Å². The zero-order chi connectivity index (χ0) is 9.84. The first-order chi connectivity index (χ1) is 6.09. The van der Waals surface area contributed by atoms with E-state index >= 15 is 0 Å². The van der Waals surface area contributed by atoms with Gasteiger partial charge in [0.15, 0.2) is 0 Å². The van der Waals surface area contributed by atoms with Crippen LogP contribution in [0.2, 0.25) is 0 Å². The van der Waals surface area contributed by atoms with Crippen molar-refractivity contribution in [3.63, 3.8) is 0 Å². The molecule has 0 saturated carbocycles. The lowest BCUT2D eigenvalue weighted by Crippen LogP contribution is -2.07. The van der Waals surface area contributed by atoms with E-state index in [1.54, 1.807) is 5.57 Å². The average Bonchev–Trinajstić information content (AvgIpc) is 2.04. The van der Waals surface area contributed by atoms with Gasteiger partial charge in [0.05, 0.1) is 0 Å². The van der Waals surface area contributed by atoms with Crippen LogP contribution in [0.25, 0.3) is 0 Å². The molecule has 0 amide bonds. The molecule has 1 rings (SSSR count). The summed E-state index contributed by atoms with van der Waals surface area (Å²) in [7, 11) is 0. The monoisotopic (exact) mass is 178 g/mol. The highest BCUT2D eigenvalue weighted by molar-refractivity contribution is 5.12. The fourth-order valence-corrected chi connectivity index (χ4v) is 2.05. The Bertz CT molecular complexity index is 208. The maximum absolute atomic E-state index is 4.04. The Balaban J connectivity index is 2.43. The van der Waals surface area contributed by atoms with E-state index in [2.05, 4.69) is 33.4 Å². The van der Waals surface area contributed by atoms with Crippen molar-refractivity contribution in [2.45, 2.75) is 46.5 Å². The quantitative estimate of drug-likeness (QED) is 0.564. The van der Waals surface area contributed by atoms with E-state index in [9.17, 15) is 0 Å². The highest BCUT2D eigenvalue weighted by atomic mass is 14.2. The molecule has 0 spiro atoms. The molecular weight excluding hydrogens is 156 g/mol. The van der Waals surface area contributed by atoms with Gasteiger partial charge in [0, 0.05) is 0 Å². The van der Waals surface area contributed by atoms with E-state index in [1.165, 1.54) is 31.3 Å². The zero-order valence-corrected chi connectivity index (χ0v) is 9.27. The summed E-state index contributed by atoms with van der Waals surface area (Å²) < 4.78 is 0. The molecule has 0 bridgehead atoms. The largest absolute Gasteiger partial charge is 0.0998 e. The van der Waals surface area contributed by atoms with Crippen LogP contribution in [-0.2, 0) is 0 Å². The van der Waals surface area contributed by atoms with E-state index in [0.29, 0.717) is 0 Å². The summed E-state index contributed by atoms with van der Waals surface area (Å²) in [6.07, 6.45) is 7.60. The zero-order valence-electron chi connectivity index (χ0n) is 9.27. The van der Waals surface area contributed by atoms with Crippen LogP contribution in [0, 0.1) is 11.8 Å². The fraction of sp³-hybridized carbons (Fsp3) is 0.692. The van der Waals surface area contributed by atoms with Gasteiger partial charge < -0.3 is 0 Å². The second-order valence-corrected chi connectivity index (χ2v) is 4.78. The van der Waals surface area contributed by atoms with E-state index in [1.807, 2.05) is 0 Å². The van der Waals surface area contributed by atoms with Crippen LogP contribution in [0.1, 0.15) is 46.5 Å². The van der Waals surface area contributed by atoms with E-state index in [0.717, 1.165) is 11.8 Å². The normalized spacial score (nSPS) is 23.1. The van der Waals surface area contributed by atoms with Gasteiger partial charge in [-0.05, 0) is 44.4 Å². The lowest BCUT2D eigenvalue weighted by molar-refractivity contribution is 0.511. The standard InChI is InChI=1S/C13H22/c1-10(2)9-12-5-7-13(8-6-12)11(3)4/h5,10,13H,3,6-9H2,1-2,4H3/t13-/m1/s1. The Morgan fingerprint density at radius 3 is 2.69 bits per heavy atom. The van der Waals surface area contributed by atoms with Gasteiger partial charge >= 0.3 is 0 Å². The molecule has 0 heterocycles. The first-order valence-electron chi connectivity index (χ1n) is 5.43. The molecule has 0 heteroatoms. The van der Waals surface area contributed by atoms with Crippen LogP contribution in [0.5, 0.6) is 0 Å². The minimum absolute atomic E-state index is 0.760. The molecule has 13 heavy (non-hydrogen) atoms. The van der Waals surface area contributed by atoms with Crippen molar-refractivity contribution in [1.82, 2.24) is 0 Å². The molecule has 1 aliphatic rings. The molecule has 0 N–H and O–H groups in total. The van der Waals surface area contributed by atoms with Gasteiger partial charge in [0.25, 0.3) is 0 Å². The minimum Gasteiger partial charge on any atom is -0.0998 e. The topological polar surface area (TPSA) is 0 Å². The van der Waals surface area contributed by atoms with Crippen LogP contribution in [0.15, 0.2) is 23.8 Å². The lowest BCUT2D eigenvalue weighted by Gasteiger charge is -2.22. The summed E-state index contributed by atoms with van der Waals surface area (Å²) in [6.45, 7) is 10.8. The van der Waals surface area contributed by atoms with Gasteiger partial charge in [0.2, 0.25) is 0 Å². The van der Waals surface area contributed by atoms with Crippen LogP contribution < -0.4 is 0 Å². The Morgan fingerprint density at radius 2 is 2.31 bits per heavy atom. The number of allylic oxidation sites excluding steroid dienone is 3. The molecule has 0 nitrogen and oxygen atoms in total. The van der Waals surface area contributed by atoms with Gasteiger partial charge in [-0.25, -0.2) is 0 Å². The maximum atomic E-state index is 4.04. The van der Waals surface area contributed by atoms with Crippen molar-refractivity contribution >= 4 is 0 Å². The van der Waals surface area contributed by atoms with Crippen LogP contribution in [-0.4, -0.2) is 0 Å². The summed E-state index contributed by atoms with van der Waals surface area (Å²) in [6, 6.07) is 0. The molecule has 0 aromatic carbocycles. The lowest BCUT2D eigenvalue weighted by atomic mass is 9.83. The third kappa shape index (κ3) is 3.38. The van der Waals surface area contributed by atoms with Gasteiger partial charge in [-0.2, -0.15) is 0 Å². The molecule has 0 radical (unpaired) electrons. The highest BCUT2D eigenvalue weighted by Gasteiger charge is 2.14. The third-order valence-electron chi connectivity index (χ3n) is 2.87. The summed E-state index contributed by atoms with van der Waals surface area (Å²) in [5.74, 6) is 1.57. The molecule has 0 saturated heterocycles. The van der Waals surface area contributed by atoms with Crippen molar-refractivity contribution in [2.75, 3.05) is 0 Å². The van der Waals surface area contributed by atoms with Crippen molar-refractivity contribution in [3.05, 3.63) is 23.8 Å². The summed E-state index contributed by atoms with van der Waals surface area (Å²) >= 11 is 0. The summed E-state index contributed by atoms with van der Waals surface area (Å²) in [5, 5.41) is 0. The molecule has 0 aliphatic heterocycles. The molecule has 0 unspecified atom stereocenters. The van der Waals surface area contributed by atoms with Crippen molar-refractivity contribution in [2.24, 2.45) is 11.8 Å². The van der Waals surface area contributed by atoms with E-state index < -0.39 is 0 Å². The molecule has 0 aromatic rings. The fourth-order valence-electron chi connectivity index (χ4n) is 2.05. The first kappa shape index (κ1) is 10.6. The second-order valence-electron chi connectivity index (χ2n) is 4.78. The first-order valence-corrected chi connectivity index (χ1v) is 5.43. The smallest absolute Gasteiger partial charge is 0.0171 e. The van der Waals surface area contributed by atoms with Gasteiger partial charge in [0.1, 0.15) is 0 Å². The minimum atomic E-state index is 0.760. The summed E-state index contributed by atoms with van der Waals surface area (Å²) in [4.78, 5) is 0. The van der Waals surface area contributed by atoms with Crippen LogP contribution >= 0.6 is 0 Å². The van der Waals surface area contributed by atoms with Gasteiger partial charge in [-0.3, -0.25) is 0 Å². The number of hydrogen-bond donors (Lipinski definition) is 0. The van der Waals surface area contributed by atoms with E-state index in [-0.39, 0.29) is 0 Å². The number of rotatable bonds is 3. The van der Waals surface area contributed by atoms with Crippen molar-refractivity contribution in [1.29, 1.82) is 0 Å². The number of hydrogen-bond acceptors (Lipinski definition) is 0. The second kappa shape index (κ2) is 4.64. The van der Waals surface area contributed by atoms with Crippen LogP contribution in [0.3, 0.4) is 0 Å². The predicted octanol–water partition coefficient (Wildman–Crippen LogP) is 4.34. The van der Waals surface area contributed by atoms with E-state index in [4.69, 9.17) is 0 Å². The molecule has 74 valence electrons. The maximum Gasteiger partial charge on any atom is -0.0171 e. The average molecular weight is 178 g/mol. The van der Waals surface area contributed by atoms with Gasteiger partial charge in [-0.15, -0.1) is 0 Å².